The zero-order valence-electron chi connectivity index (χ0n) is 34.8. The summed E-state index contributed by atoms with van der Waals surface area (Å²) in [4.78, 5) is 15.0. The Morgan fingerprint density at radius 1 is 0.492 bits per heavy atom. The van der Waals surface area contributed by atoms with Crippen LogP contribution in [0.5, 0.6) is 0 Å². The Hall–Kier alpha value is -8.33. The summed E-state index contributed by atoms with van der Waals surface area (Å²) in [6.45, 7) is 12.4. The lowest BCUT2D eigenvalue weighted by molar-refractivity contribution is 0.660. The van der Waals surface area contributed by atoms with Gasteiger partial charge in [0.1, 0.15) is 0 Å². The van der Waals surface area contributed by atoms with Crippen LogP contribution in [0.25, 0.3) is 87.6 Å². The van der Waals surface area contributed by atoms with Gasteiger partial charge in [0.05, 0.1) is 17.6 Å². The SMILES string of the molecule is [C-]#[N+]c1ccc(N(c2cc(-c3cccnc3)cc(-c3cccnc3)c2)c2ccc3c(c2)C(C)(C)c2cc(-c4ccc5c6c4ccc4cccc(c46)n5-c4ccccc4)ccc2-3)cc1. The summed E-state index contributed by atoms with van der Waals surface area (Å²) >= 11 is 0. The summed E-state index contributed by atoms with van der Waals surface area (Å²) in [7, 11) is 0. The van der Waals surface area contributed by atoms with E-state index < -0.39 is 0 Å². The average Bonchev–Trinajstić information content (AvgIpc) is 3.80. The molecule has 63 heavy (non-hydrogen) atoms. The zero-order chi connectivity index (χ0) is 42.2. The lowest BCUT2D eigenvalue weighted by Crippen LogP contribution is -2.16. The fourth-order valence-electron chi connectivity index (χ4n) is 10.1. The molecule has 0 saturated carbocycles. The van der Waals surface area contributed by atoms with Crippen molar-refractivity contribution in [3.05, 3.63) is 223 Å². The zero-order valence-corrected chi connectivity index (χ0v) is 34.8. The minimum atomic E-state index is -0.289. The molecule has 0 atom stereocenters. The van der Waals surface area contributed by atoms with Gasteiger partial charge in [0.25, 0.3) is 0 Å². The number of hydrogen-bond acceptors (Lipinski definition) is 3. The van der Waals surface area contributed by atoms with Crippen LogP contribution in [0.15, 0.2) is 201 Å². The number of aromatic nitrogens is 3. The lowest BCUT2D eigenvalue weighted by atomic mass is 9.81. The molecule has 11 aromatic rings. The molecule has 5 heteroatoms. The van der Waals surface area contributed by atoms with E-state index in [4.69, 9.17) is 6.57 Å². The summed E-state index contributed by atoms with van der Waals surface area (Å²) in [6.07, 6.45) is 7.43. The number of pyridine rings is 2. The van der Waals surface area contributed by atoms with Gasteiger partial charge >= 0.3 is 0 Å². The van der Waals surface area contributed by atoms with Crippen LogP contribution in [-0.2, 0) is 5.41 Å². The van der Waals surface area contributed by atoms with Crippen LogP contribution in [0.1, 0.15) is 25.0 Å². The molecule has 0 spiro atoms. The summed E-state index contributed by atoms with van der Waals surface area (Å²) in [5, 5.41) is 5.14. The molecule has 1 aliphatic carbocycles. The van der Waals surface area contributed by atoms with E-state index in [-0.39, 0.29) is 5.41 Å². The quantitative estimate of drug-likeness (QED) is 0.119. The summed E-state index contributed by atoms with van der Waals surface area (Å²) in [5.41, 5.74) is 18.7. The van der Waals surface area contributed by atoms with Crippen molar-refractivity contribution >= 4 is 55.3 Å². The van der Waals surface area contributed by atoms with Crippen LogP contribution >= 0.6 is 0 Å². The maximum Gasteiger partial charge on any atom is 0.187 e. The molecule has 0 saturated heterocycles. The van der Waals surface area contributed by atoms with E-state index in [1.165, 1.54) is 71.6 Å². The van der Waals surface area contributed by atoms with Crippen molar-refractivity contribution in [2.75, 3.05) is 4.90 Å². The van der Waals surface area contributed by atoms with Crippen LogP contribution < -0.4 is 4.90 Å². The first-order valence-corrected chi connectivity index (χ1v) is 21.3. The van der Waals surface area contributed by atoms with E-state index in [9.17, 15) is 0 Å². The molecule has 0 N–H and O–H groups in total. The van der Waals surface area contributed by atoms with E-state index >= 15 is 0 Å². The Kier molecular flexibility index (Phi) is 8.19. The third-order valence-electron chi connectivity index (χ3n) is 13.1. The van der Waals surface area contributed by atoms with Crippen LogP contribution in [0.2, 0.25) is 0 Å². The Morgan fingerprint density at radius 2 is 1.16 bits per heavy atom. The number of para-hydroxylation sites is 1. The summed E-state index contributed by atoms with van der Waals surface area (Å²) < 4.78 is 2.41. The highest BCUT2D eigenvalue weighted by Crippen LogP contribution is 2.53. The van der Waals surface area contributed by atoms with Gasteiger partial charge in [-0.3, -0.25) is 9.97 Å². The molecule has 0 fully saturated rings. The minimum Gasteiger partial charge on any atom is -0.311 e. The highest BCUT2D eigenvalue weighted by atomic mass is 15.1. The second-order valence-corrected chi connectivity index (χ2v) is 17.0. The van der Waals surface area contributed by atoms with Crippen LogP contribution in [0.4, 0.5) is 22.7 Å². The lowest BCUT2D eigenvalue weighted by Gasteiger charge is -2.29. The molecule has 5 nitrogen and oxygen atoms in total. The number of benzene rings is 8. The molecule has 12 rings (SSSR count). The normalized spacial score (nSPS) is 12.7. The van der Waals surface area contributed by atoms with Crippen LogP contribution in [0.3, 0.4) is 0 Å². The van der Waals surface area contributed by atoms with Crippen LogP contribution in [-0.4, -0.2) is 14.5 Å². The second kappa shape index (κ2) is 14.1. The monoisotopic (exact) mass is 805 g/mol. The predicted molar refractivity (Wildman–Crippen MR) is 260 cm³/mol. The first kappa shape index (κ1) is 36.5. The predicted octanol–water partition coefficient (Wildman–Crippen LogP) is 15.5. The van der Waals surface area contributed by atoms with Gasteiger partial charge in [-0.1, -0.05) is 105 Å². The molecule has 0 radical (unpaired) electrons. The van der Waals surface area contributed by atoms with Crippen molar-refractivity contribution in [1.82, 2.24) is 14.5 Å². The minimum absolute atomic E-state index is 0.289. The Labute approximate surface area is 366 Å². The third kappa shape index (κ3) is 5.76. The van der Waals surface area contributed by atoms with Crippen molar-refractivity contribution in [2.45, 2.75) is 19.3 Å². The molecule has 3 aromatic heterocycles. The molecule has 0 aliphatic heterocycles. The summed E-state index contributed by atoms with van der Waals surface area (Å²) in [5.74, 6) is 0. The van der Waals surface area contributed by atoms with Gasteiger partial charge < -0.3 is 9.47 Å². The van der Waals surface area contributed by atoms with Crippen molar-refractivity contribution in [3.8, 4) is 50.2 Å². The molecule has 296 valence electrons. The highest BCUT2D eigenvalue weighted by molar-refractivity contribution is 6.26. The maximum atomic E-state index is 7.68. The molecular formula is C58H39N5. The molecule has 0 bridgehead atoms. The Morgan fingerprint density at radius 3 is 1.86 bits per heavy atom. The first-order chi connectivity index (χ1) is 30.9. The second-order valence-electron chi connectivity index (χ2n) is 17.0. The van der Waals surface area contributed by atoms with E-state index in [0.29, 0.717) is 5.69 Å². The van der Waals surface area contributed by atoms with Gasteiger partial charge in [0.15, 0.2) is 5.69 Å². The largest absolute Gasteiger partial charge is 0.311 e. The molecule has 8 aromatic carbocycles. The van der Waals surface area contributed by atoms with Gasteiger partial charge in [-0.05, 0) is 140 Å². The molecule has 3 heterocycles. The third-order valence-corrected chi connectivity index (χ3v) is 13.1. The maximum absolute atomic E-state index is 7.68. The first-order valence-electron chi connectivity index (χ1n) is 21.3. The van der Waals surface area contributed by atoms with Crippen molar-refractivity contribution in [3.63, 3.8) is 0 Å². The number of hydrogen-bond donors (Lipinski definition) is 0. The van der Waals surface area contributed by atoms with Crippen molar-refractivity contribution < 1.29 is 0 Å². The van der Waals surface area contributed by atoms with Crippen LogP contribution in [0, 0.1) is 6.57 Å². The number of rotatable bonds is 7. The number of fused-ring (bicyclic) bond motifs is 3. The fraction of sp³-hybridized carbons (Fsp3) is 0.0517. The highest BCUT2D eigenvalue weighted by Gasteiger charge is 2.36. The summed E-state index contributed by atoms with van der Waals surface area (Å²) in [6, 6.07) is 63.3. The van der Waals surface area contributed by atoms with Gasteiger partial charge in [0, 0.05) is 74.9 Å². The topological polar surface area (TPSA) is 38.3 Å². The number of anilines is 3. The smallest absolute Gasteiger partial charge is 0.187 e. The van der Waals surface area contributed by atoms with Gasteiger partial charge in [-0.15, -0.1) is 0 Å². The average molecular weight is 806 g/mol. The molecule has 0 unspecified atom stereocenters. The van der Waals surface area contributed by atoms with Crippen molar-refractivity contribution in [1.29, 1.82) is 0 Å². The van der Waals surface area contributed by atoms with E-state index in [1.807, 2.05) is 48.8 Å². The molecular weight excluding hydrogens is 767 g/mol. The Bertz CT molecular complexity index is 3530. The van der Waals surface area contributed by atoms with E-state index in [1.54, 1.807) is 12.4 Å². The van der Waals surface area contributed by atoms with Gasteiger partial charge in [-0.2, -0.15) is 0 Å². The standard InChI is InChI=1S/C58H39N5/c1-58(2)52-33-38(48-26-27-55-57-51(48)24-16-37-10-7-15-54(56(37)57)63(55)44-13-5-4-6-14-44)17-23-49(52)50-25-22-46(34-53(50)58)62(45-20-18-43(59-3)19-21-45)47-31-41(39-11-8-28-60-35-39)30-42(32-47)40-12-9-29-61-36-40/h4-36H,1-2H3. The fourth-order valence-corrected chi connectivity index (χ4v) is 10.1. The van der Waals surface area contributed by atoms with E-state index in [0.717, 1.165) is 39.3 Å². The number of nitrogens with zero attached hydrogens (tertiary/aromatic N) is 5. The molecule has 1 aliphatic rings. The van der Waals surface area contributed by atoms with Crippen molar-refractivity contribution in [2.24, 2.45) is 0 Å². The molecule has 0 amide bonds. The Balaban J connectivity index is 0.995. The van der Waals surface area contributed by atoms with E-state index in [2.05, 4.69) is 178 Å². The van der Waals surface area contributed by atoms with Gasteiger partial charge in [-0.25, -0.2) is 4.85 Å². The van der Waals surface area contributed by atoms with Gasteiger partial charge in [0.2, 0.25) is 0 Å².